The van der Waals surface area contributed by atoms with Gasteiger partial charge in [-0.1, -0.05) is 60.7 Å². The van der Waals surface area contributed by atoms with Gasteiger partial charge in [-0.25, -0.2) is 15.0 Å². The summed E-state index contributed by atoms with van der Waals surface area (Å²) in [6.45, 7) is 0.132. The van der Waals surface area contributed by atoms with Gasteiger partial charge < -0.3 is 15.2 Å². The van der Waals surface area contributed by atoms with E-state index in [9.17, 15) is 9.59 Å². The van der Waals surface area contributed by atoms with Gasteiger partial charge in [0.05, 0.1) is 5.69 Å². The summed E-state index contributed by atoms with van der Waals surface area (Å²) in [6.07, 6.45) is -1.54. The third-order valence-corrected chi connectivity index (χ3v) is 3.95. The fraction of sp³-hybridized carbons (Fsp3) is 0.0909. The first-order valence-corrected chi connectivity index (χ1v) is 8.95. The fourth-order valence-electron chi connectivity index (χ4n) is 2.47. The van der Waals surface area contributed by atoms with Gasteiger partial charge >= 0.3 is 12.2 Å². The number of benzene rings is 3. The molecule has 7 nitrogen and oxygen atoms in total. The summed E-state index contributed by atoms with van der Waals surface area (Å²) in [5, 5.41) is 0.982. The van der Waals surface area contributed by atoms with Gasteiger partial charge in [0.1, 0.15) is 13.2 Å². The maximum atomic E-state index is 12.6. The minimum atomic E-state index is -0.790. The van der Waals surface area contributed by atoms with Crippen LogP contribution in [0.1, 0.15) is 11.1 Å². The van der Waals surface area contributed by atoms with Gasteiger partial charge in [-0.15, -0.1) is 0 Å². The average molecular weight is 391 g/mol. The van der Waals surface area contributed by atoms with E-state index in [-0.39, 0.29) is 13.2 Å². The highest BCUT2D eigenvalue weighted by atomic mass is 16.6. The number of hydrogen-bond donors (Lipinski definition) is 2. The number of carbonyl (C=O) groups is 2. The molecular formula is C22H21N3O4. The molecule has 29 heavy (non-hydrogen) atoms. The predicted molar refractivity (Wildman–Crippen MR) is 110 cm³/mol. The average Bonchev–Trinajstić information content (AvgIpc) is 2.76. The van der Waals surface area contributed by atoms with Gasteiger partial charge in [0, 0.05) is 5.69 Å². The molecule has 0 saturated heterocycles. The van der Waals surface area contributed by atoms with Crippen LogP contribution in [-0.4, -0.2) is 12.2 Å². The van der Waals surface area contributed by atoms with E-state index in [0.717, 1.165) is 16.1 Å². The number of nitrogens with one attached hydrogen (secondary N) is 1. The van der Waals surface area contributed by atoms with Crippen LogP contribution in [0.25, 0.3) is 0 Å². The van der Waals surface area contributed by atoms with Crippen LogP contribution in [0.4, 0.5) is 21.0 Å². The largest absolute Gasteiger partial charge is 0.443 e. The number of anilines is 2. The summed E-state index contributed by atoms with van der Waals surface area (Å²) < 4.78 is 10.5. The van der Waals surface area contributed by atoms with Crippen molar-refractivity contribution < 1.29 is 19.1 Å². The SMILES string of the molecule is Nc1ccc(N(NC(=O)OCc2ccccc2)C(=O)OCc2ccccc2)cc1. The number of amides is 2. The maximum Gasteiger partial charge on any atom is 0.433 e. The topological polar surface area (TPSA) is 93.9 Å². The van der Waals surface area contributed by atoms with Crippen molar-refractivity contribution in [2.75, 3.05) is 10.7 Å². The summed E-state index contributed by atoms with van der Waals surface area (Å²) in [7, 11) is 0. The lowest BCUT2D eigenvalue weighted by atomic mass is 10.2. The van der Waals surface area contributed by atoms with Gasteiger partial charge in [0.2, 0.25) is 0 Å². The molecule has 3 rings (SSSR count). The zero-order chi connectivity index (χ0) is 20.5. The van der Waals surface area contributed by atoms with E-state index in [1.807, 2.05) is 60.7 Å². The third-order valence-electron chi connectivity index (χ3n) is 3.95. The van der Waals surface area contributed by atoms with E-state index in [0.29, 0.717) is 11.4 Å². The molecule has 0 saturated carbocycles. The lowest BCUT2D eigenvalue weighted by Crippen LogP contribution is -2.47. The zero-order valence-corrected chi connectivity index (χ0v) is 15.7. The van der Waals surface area contributed by atoms with Crippen molar-refractivity contribution >= 4 is 23.6 Å². The second-order valence-corrected chi connectivity index (χ2v) is 6.14. The van der Waals surface area contributed by atoms with Gasteiger partial charge in [-0.3, -0.25) is 0 Å². The highest BCUT2D eigenvalue weighted by molar-refractivity contribution is 5.90. The molecule has 2 amide bonds. The number of carbonyl (C=O) groups excluding carboxylic acids is 2. The quantitative estimate of drug-likeness (QED) is 0.501. The normalized spacial score (nSPS) is 10.1. The van der Waals surface area contributed by atoms with Crippen LogP contribution in [0.5, 0.6) is 0 Å². The second kappa shape index (κ2) is 9.80. The molecule has 3 aromatic carbocycles. The molecule has 3 aromatic rings. The van der Waals surface area contributed by atoms with E-state index < -0.39 is 12.2 Å². The number of ether oxygens (including phenoxy) is 2. The summed E-state index contributed by atoms with van der Waals surface area (Å²) in [6, 6.07) is 24.9. The molecule has 7 heteroatoms. The Hall–Kier alpha value is -4.00. The summed E-state index contributed by atoms with van der Waals surface area (Å²) >= 11 is 0. The number of hydrogen-bond acceptors (Lipinski definition) is 5. The number of nitrogen functional groups attached to an aromatic ring is 1. The van der Waals surface area contributed by atoms with Crippen LogP contribution in [-0.2, 0) is 22.7 Å². The molecule has 0 spiro atoms. The standard InChI is InChI=1S/C22H21N3O4/c23-19-11-13-20(14-12-19)25(22(27)29-16-18-9-5-2-6-10-18)24-21(26)28-15-17-7-3-1-4-8-17/h1-14H,15-16,23H2,(H,24,26). The van der Waals surface area contributed by atoms with E-state index in [4.69, 9.17) is 15.2 Å². The lowest BCUT2D eigenvalue weighted by molar-refractivity contribution is 0.126. The number of hydrazine groups is 1. The minimum absolute atomic E-state index is 0.0614. The van der Waals surface area contributed by atoms with Crippen LogP contribution >= 0.6 is 0 Å². The van der Waals surface area contributed by atoms with Gasteiger partial charge in [0.15, 0.2) is 0 Å². The molecule has 0 bridgehead atoms. The molecule has 0 heterocycles. The third kappa shape index (κ3) is 6.00. The first-order valence-electron chi connectivity index (χ1n) is 8.95. The lowest BCUT2D eigenvalue weighted by Gasteiger charge is -2.22. The highest BCUT2D eigenvalue weighted by Crippen LogP contribution is 2.16. The van der Waals surface area contributed by atoms with Crippen molar-refractivity contribution in [3.8, 4) is 0 Å². The summed E-state index contributed by atoms with van der Waals surface area (Å²) in [4.78, 5) is 24.9. The number of nitrogens with two attached hydrogens (primary N) is 1. The molecule has 0 radical (unpaired) electrons. The van der Waals surface area contributed by atoms with Crippen molar-refractivity contribution in [3.05, 3.63) is 96.1 Å². The monoisotopic (exact) mass is 391 g/mol. The van der Waals surface area contributed by atoms with Gasteiger partial charge in [0.25, 0.3) is 0 Å². The molecule has 0 aromatic heterocycles. The molecule has 0 unspecified atom stereocenters. The minimum Gasteiger partial charge on any atom is -0.443 e. The molecule has 148 valence electrons. The first-order chi connectivity index (χ1) is 14.1. The van der Waals surface area contributed by atoms with Crippen LogP contribution in [0.15, 0.2) is 84.9 Å². The smallest absolute Gasteiger partial charge is 0.433 e. The Morgan fingerprint density at radius 2 is 1.28 bits per heavy atom. The fourth-order valence-corrected chi connectivity index (χ4v) is 2.47. The summed E-state index contributed by atoms with van der Waals surface area (Å²) in [5.74, 6) is 0. The van der Waals surface area contributed by atoms with E-state index in [1.165, 1.54) is 0 Å². The Kier molecular flexibility index (Phi) is 6.67. The van der Waals surface area contributed by atoms with Crippen LogP contribution in [0.2, 0.25) is 0 Å². The summed E-state index contributed by atoms with van der Waals surface area (Å²) in [5.41, 5.74) is 10.7. The van der Waals surface area contributed by atoms with Crippen LogP contribution in [0.3, 0.4) is 0 Å². The molecular weight excluding hydrogens is 370 g/mol. The maximum absolute atomic E-state index is 12.6. The molecule has 0 atom stereocenters. The zero-order valence-electron chi connectivity index (χ0n) is 15.7. The van der Waals surface area contributed by atoms with E-state index in [2.05, 4.69) is 5.43 Å². The van der Waals surface area contributed by atoms with Crippen LogP contribution < -0.4 is 16.2 Å². The van der Waals surface area contributed by atoms with Crippen molar-refractivity contribution in [2.24, 2.45) is 0 Å². The Morgan fingerprint density at radius 1 is 0.759 bits per heavy atom. The van der Waals surface area contributed by atoms with Gasteiger partial charge in [-0.2, -0.15) is 5.01 Å². The van der Waals surface area contributed by atoms with Gasteiger partial charge in [-0.05, 0) is 35.4 Å². The molecule has 0 aliphatic rings. The molecule has 0 fully saturated rings. The molecule has 3 N–H and O–H groups in total. The molecule has 0 aliphatic heterocycles. The highest BCUT2D eigenvalue weighted by Gasteiger charge is 2.21. The van der Waals surface area contributed by atoms with Crippen molar-refractivity contribution in [1.29, 1.82) is 0 Å². The number of nitrogens with zero attached hydrogens (tertiary/aromatic N) is 1. The second-order valence-electron chi connectivity index (χ2n) is 6.14. The molecule has 0 aliphatic carbocycles. The Labute approximate surface area is 168 Å². The Bertz CT molecular complexity index is 931. The predicted octanol–water partition coefficient (Wildman–Crippen LogP) is 4.25. The van der Waals surface area contributed by atoms with E-state index in [1.54, 1.807) is 24.3 Å². The van der Waals surface area contributed by atoms with Crippen molar-refractivity contribution in [1.82, 2.24) is 5.43 Å². The van der Waals surface area contributed by atoms with Crippen molar-refractivity contribution in [2.45, 2.75) is 13.2 Å². The van der Waals surface area contributed by atoms with Crippen molar-refractivity contribution in [3.63, 3.8) is 0 Å². The first kappa shape index (κ1) is 19.8. The van der Waals surface area contributed by atoms with Crippen LogP contribution in [0, 0.1) is 0 Å². The number of rotatable bonds is 5. The Morgan fingerprint density at radius 3 is 1.83 bits per heavy atom. The van der Waals surface area contributed by atoms with E-state index >= 15 is 0 Å². The Balaban J connectivity index is 1.66.